The maximum atomic E-state index is 13.0. The van der Waals surface area contributed by atoms with Gasteiger partial charge >= 0.3 is 0 Å². The summed E-state index contributed by atoms with van der Waals surface area (Å²) in [5, 5.41) is 0. The van der Waals surface area contributed by atoms with E-state index in [1.54, 1.807) is 7.11 Å². The zero-order valence-corrected chi connectivity index (χ0v) is 13.9. The summed E-state index contributed by atoms with van der Waals surface area (Å²) in [7, 11) is 1.68. The molecule has 2 bridgehead atoms. The van der Waals surface area contributed by atoms with Crippen molar-refractivity contribution < 1.29 is 9.53 Å². The minimum Gasteiger partial charge on any atom is -0.497 e. The van der Waals surface area contributed by atoms with Gasteiger partial charge in [-0.25, -0.2) is 0 Å². The van der Waals surface area contributed by atoms with Gasteiger partial charge in [0, 0.05) is 17.8 Å². The number of methoxy groups -OCH3 is 1. The molecule has 1 saturated carbocycles. The Labute approximate surface area is 143 Å². The number of allylic oxidation sites excluding steroid dienone is 2. The molecule has 0 saturated heterocycles. The normalized spacial score (nSPS) is 26.0. The van der Waals surface area contributed by atoms with E-state index in [2.05, 4.69) is 42.5 Å². The molecule has 0 radical (unpaired) electrons. The van der Waals surface area contributed by atoms with Crippen LogP contribution in [0.5, 0.6) is 5.75 Å². The van der Waals surface area contributed by atoms with Gasteiger partial charge in [0.15, 0.2) is 0 Å². The lowest BCUT2D eigenvalue weighted by Gasteiger charge is -2.38. The summed E-state index contributed by atoms with van der Waals surface area (Å²) in [5.74, 6) is 1.70. The highest BCUT2D eigenvalue weighted by molar-refractivity contribution is 5.98. The van der Waals surface area contributed by atoms with Crippen molar-refractivity contribution in [1.82, 2.24) is 0 Å². The van der Waals surface area contributed by atoms with Crippen molar-refractivity contribution in [3.8, 4) is 5.75 Å². The Kier molecular flexibility index (Phi) is 3.97. The Balaban J connectivity index is 1.79. The highest BCUT2D eigenvalue weighted by Crippen LogP contribution is 2.47. The van der Waals surface area contributed by atoms with Crippen LogP contribution in [0.1, 0.15) is 36.3 Å². The molecule has 2 aromatic carbocycles. The van der Waals surface area contributed by atoms with Gasteiger partial charge in [0.05, 0.1) is 7.11 Å². The summed E-state index contributed by atoms with van der Waals surface area (Å²) in [6.45, 7) is 0. The van der Waals surface area contributed by atoms with Crippen molar-refractivity contribution in [2.45, 2.75) is 25.2 Å². The number of ether oxygens (including phenoxy) is 1. The van der Waals surface area contributed by atoms with Crippen LogP contribution in [0.4, 0.5) is 0 Å². The zero-order valence-electron chi connectivity index (χ0n) is 13.9. The smallest absolute Gasteiger partial charge is 0.144 e. The van der Waals surface area contributed by atoms with Gasteiger partial charge in [-0.15, -0.1) is 0 Å². The Morgan fingerprint density at radius 1 is 0.958 bits per heavy atom. The van der Waals surface area contributed by atoms with Crippen molar-refractivity contribution in [2.75, 3.05) is 7.11 Å². The number of carbonyl (C=O) groups excluding carboxylic acids is 1. The molecule has 24 heavy (non-hydrogen) atoms. The average molecular weight is 318 g/mol. The van der Waals surface area contributed by atoms with E-state index in [4.69, 9.17) is 4.74 Å². The molecule has 2 heteroatoms. The van der Waals surface area contributed by atoms with E-state index in [0.717, 1.165) is 30.6 Å². The van der Waals surface area contributed by atoms with Crippen LogP contribution in [0.15, 0.2) is 60.7 Å². The molecule has 2 aliphatic rings. The highest BCUT2D eigenvalue weighted by Gasteiger charge is 2.42. The van der Waals surface area contributed by atoms with Crippen LogP contribution in [-0.2, 0) is 4.79 Å². The van der Waals surface area contributed by atoms with E-state index >= 15 is 0 Å². The highest BCUT2D eigenvalue weighted by atomic mass is 16.5. The third-order valence-corrected chi connectivity index (χ3v) is 5.49. The molecule has 0 heterocycles. The number of carbonyl (C=O) groups is 1. The van der Waals surface area contributed by atoms with Gasteiger partial charge in [-0.05, 0) is 41.7 Å². The standard InChI is InChI=1S/C22H22O2/c1-24-17-12-10-16(11-13-17)21-14-20(15-6-3-2-4-7-15)18-8-5-9-19(21)22(18)23/h2-4,6-7,10-14,18-20H,5,8-9H2,1H3. The van der Waals surface area contributed by atoms with Crippen LogP contribution >= 0.6 is 0 Å². The molecule has 2 aromatic rings. The van der Waals surface area contributed by atoms with Crippen molar-refractivity contribution >= 4 is 11.4 Å². The lowest BCUT2D eigenvalue weighted by Crippen LogP contribution is -2.36. The summed E-state index contributed by atoms with van der Waals surface area (Å²) in [5.41, 5.74) is 3.60. The molecule has 0 N–H and O–H groups in total. The van der Waals surface area contributed by atoms with Crippen molar-refractivity contribution in [1.29, 1.82) is 0 Å². The van der Waals surface area contributed by atoms with Crippen molar-refractivity contribution in [2.24, 2.45) is 11.8 Å². The quantitative estimate of drug-likeness (QED) is 0.807. The molecule has 3 atom stereocenters. The first-order valence-corrected chi connectivity index (χ1v) is 8.73. The second-order valence-electron chi connectivity index (χ2n) is 6.78. The topological polar surface area (TPSA) is 26.3 Å². The van der Waals surface area contributed by atoms with Gasteiger partial charge in [0.2, 0.25) is 0 Å². The number of ketones is 1. The molecule has 0 spiro atoms. The Morgan fingerprint density at radius 2 is 1.71 bits per heavy atom. The SMILES string of the molecule is COc1ccc(C2=CC(c3ccccc3)C3CCCC2C3=O)cc1. The molecule has 0 aromatic heterocycles. The van der Waals surface area contributed by atoms with Crippen molar-refractivity contribution in [3.05, 3.63) is 71.8 Å². The molecule has 3 unspecified atom stereocenters. The minimum absolute atomic E-state index is 0.0668. The van der Waals surface area contributed by atoms with Gasteiger partial charge in [-0.3, -0.25) is 4.79 Å². The summed E-state index contributed by atoms with van der Waals surface area (Å²) in [4.78, 5) is 13.0. The van der Waals surface area contributed by atoms with E-state index in [9.17, 15) is 4.79 Å². The number of hydrogen-bond donors (Lipinski definition) is 0. The third-order valence-electron chi connectivity index (χ3n) is 5.49. The first kappa shape index (κ1) is 15.2. The molecule has 4 rings (SSSR count). The van der Waals surface area contributed by atoms with Gasteiger partial charge in [0.1, 0.15) is 11.5 Å². The second kappa shape index (κ2) is 6.27. The molecule has 1 fully saturated rings. The Morgan fingerprint density at radius 3 is 2.42 bits per heavy atom. The lowest BCUT2D eigenvalue weighted by atomic mass is 9.64. The predicted molar refractivity (Wildman–Crippen MR) is 96.0 cm³/mol. The summed E-state index contributed by atoms with van der Waals surface area (Å²) in [6, 6.07) is 18.6. The molecule has 122 valence electrons. The predicted octanol–water partition coefficient (Wildman–Crippen LogP) is 4.86. The molecular weight excluding hydrogens is 296 g/mol. The molecule has 2 aliphatic carbocycles. The first-order valence-electron chi connectivity index (χ1n) is 8.73. The van der Waals surface area contributed by atoms with E-state index in [1.165, 1.54) is 11.1 Å². The number of benzene rings is 2. The van der Waals surface area contributed by atoms with Gasteiger partial charge in [0.25, 0.3) is 0 Å². The largest absolute Gasteiger partial charge is 0.497 e. The maximum Gasteiger partial charge on any atom is 0.144 e. The fraction of sp³-hybridized carbons (Fsp3) is 0.318. The fourth-order valence-electron chi connectivity index (χ4n) is 4.26. The Hall–Kier alpha value is -2.35. The molecule has 0 aliphatic heterocycles. The number of hydrogen-bond acceptors (Lipinski definition) is 2. The Bertz CT molecular complexity index is 758. The lowest BCUT2D eigenvalue weighted by molar-refractivity contribution is -0.128. The van der Waals surface area contributed by atoms with Crippen LogP contribution in [-0.4, -0.2) is 12.9 Å². The number of Topliss-reactive ketones (excluding diaryl/α,β-unsaturated/α-hetero) is 1. The second-order valence-corrected chi connectivity index (χ2v) is 6.78. The van der Waals surface area contributed by atoms with Crippen LogP contribution in [0.2, 0.25) is 0 Å². The van der Waals surface area contributed by atoms with E-state index in [0.29, 0.717) is 5.78 Å². The molecule has 0 amide bonds. The van der Waals surface area contributed by atoms with Gasteiger partial charge in [-0.1, -0.05) is 55.0 Å². The van der Waals surface area contributed by atoms with E-state index < -0.39 is 0 Å². The first-order chi connectivity index (χ1) is 11.8. The summed E-state index contributed by atoms with van der Waals surface area (Å²) >= 11 is 0. The average Bonchev–Trinajstić information content (AvgIpc) is 2.63. The summed E-state index contributed by atoms with van der Waals surface area (Å²) < 4.78 is 5.26. The summed E-state index contributed by atoms with van der Waals surface area (Å²) in [6.07, 6.45) is 5.49. The minimum atomic E-state index is 0.0668. The molecular formula is C22H22O2. The van der Waals surface area contributed by atoms with Crippen LogP contribution in [0.3, 0.4) is 0 Å². The molecule has 2 nitrogen and oxygen atoms in total. The number of rotatable bonds is 3. The third kappa shape index (κ3) is 2.56. The number of fused-ring (bicyclic) bond motifs is 2. The van der Waals surface area contributed by atoms with Crippen molar-refractivity contribution in [3.63, 3.8) is 0 Å². The van der Waals surface area contributed by atoms with Gasteiger partial charge < -0.3 is 4.74 Å². The zero-order chi connectivity index (χ0) is 16.5. The van der Waals surface area contributed by atoms with Crippen LogP contribution in [0.25, 0.3) is 5.57 Å². The van der Waals surface area contributed by atoms with Crippen LogP contribution < -0.4 is 4.74 Å². The van der Waals surface area contributed by atoms with E-state index in [1.807, 2.05) is 18.2 Å². The fourth-order valence-corrected chi connectivity index (χ4v) is 4.26. The van der Waals surface area contributed by atoms with Gasteiger partial charge in [-0.2, -0.15) is 0 Å². The maximum absolute atomic E-state index is 13.0. The monoisotopic (exact) mass is 318 g/mol. The van der Waals surface area contributed by atoms with Crippen LogP contribution in [0, 0.1) is 11.8 Å². The van der Waals surface area contributed by atoms with E-state index in [-0.39, 0.29) is 17.8 Å².